The molecule has 0 aliphatic carbocycles. The summed E-state index contributed by atoms with van der Waals surface area (Å²) in [4.78, 5) is 14.9. The second-order valence-corrected chi connectivity index (χ2v) is 14.4. The summed E-state index contributed by atoms with van der Waals surface area (Å²) >= 11 is 0. The van der Waals surface area contributed by atoms with Crippen molar-refractivity contribution >= 4 is 65.6 Å². The molecule has 0 aliphatic rings. The number of hydrogen-bond donors (Lipinski definition) is 0. The number of fused-ring (bicyclic) bond motifs is 10. The van der Waals surface area contributed by atoms with Gasteiger partial charge in [0, 0.05) is 49.3 Å². The van der Waals surface area contributed by atoms with Gasteiger partial charge in [-0.25, -0.2) is 15.0 Å². The van der Waals surface area contributed by atoms with Crippen molar-refractivity contribution in [2.24, 2.45) is 0 Å². The molecule has 4 heterocycles. The summed E-state index contributed by atoms with van der Waals surface area (Å²) in [6, 6.07) is 65.5. The van der Waals surface area contributed by atoms with E-state index in [2.05, 4.69) is 137 Å². The van der Waals surface area contributed by atoms with Gasteiger partial charge in [-0.1, -0.05) is 133 Å². The summed E-state index contributed by atoms with van der Waals surface area (Å²) in [5.74, 6) is 1.83. The molecule has 266 valence electrons. The maximum absolute atomic E-state index is 6.77. The van der Waals surface area contributed by atoms with Gasteiger partial charge in [0.2, 0.25) is 0 Å². The second-order valence-electron chi connectivity index (χ2n) is 14.4. The topological polar surface area (TPSA) is 61.7 Å². The molecule has 0 bridgehead atoms. The van der Waals surface area contributed by atoms with Gasteiger partial charge in [0.1, 0.15) is 11.2 Å². The maximum Gasteiger partial charge on any atom is 0.164 e. The molecular weight excluding hydrogens is 699 g/mol. The summed E-state index contributed by atoms with van der Waals surface area (Å²) < 4.78 is 11.6. The third-order valence-corrected chi connectivity index (χ3v) is 11.2. The molecular formula is C51H31N5O. The minimum Gasteiger partial charge on any atom is -0.456 e. The Morgan fingerprint density at radius 1 is 0.351 bits per heavy atom. The summed E-state index contributed by atoms with van der Waals surface area (Å²) in [6.45, 7) is 0. The number of para-hydroxylation sites is 4. The first kappa shape index (κ1) is 31.5. The van der Waals surface area contributed by atoms with Crippen LogP contribution in [-0.2, 0) is 0 Å². The molecule has 0 atom stereocenters. The fourth-order valence-corrected chi connectivity index (χ4v) is 8.67. The number of rotatable bonds is 5. The van der Waals surface area contributed by atoms with E-state index in [1.807, 2.05) is 60.7 Å². The minimum absolute atomic E-state index is 0.587. The van der Waals surface area contributed by atoms with E-state index < -0.39 is 0 Å². The predicted molar refractivity (Wildman–Crippen MR) is 232 cm³/mol. The van der Waals surface area contributed by atoms with Crippen LogP contribution in [0.1, 0.15) is 0 Å². The Hall–Kier alpha value is -7.83. The van der Waals surface area contributed by atoms with Crippen LogP contribution in [0.2, 0.25) is 0 Å². The molecule has 0 spiro atoms. The maximum atomic E-state index is 6.77. The lowest BCUT2D eigenvalue weighted by Crippen LogP contribution is -2.00. The van der Waals surface area contributed by atoms with Crippen molar-refractivity contribution < 1.29 is 4.42 Å². The Bertz CT molecular complexity index is 3400. The zero-order valence-corrected chi connectivity index (χ0v) is 30.5. The van der Waals surface area contributed by atoms with E-state index in [0.717, 1.165) is 66.4 Å². The molecule has 0 saturated heterocycles. The first-order chi connectivity index (χ1) is 28.3. The van der Waals surface area contributed by atoms with Crippen LogP contribution in [0.25, 0.3) is 111 Å². The van der Waals surface area contributed by atoms with Crippen LogP contribution in [0.15, 0.2) is 192 Å². The molecule has 0 saturated carbocycles. The summed E-state index contributed by atoms with van der Waals surface area (Å²) in [5, 5.41) is 6.89. The van der Waals surface area contributed by atoms with E-state index in [1.54, 1.807) is 0 Å². The molecule has 6 nitrogen and oxygen atoms in total. The van der Waals surface area contributed by atoms with E-state index in [9.17, 15) is 0 Å². The van der Waals surface area contributed by atoms with Crippen molar-refractivity contribution in [2.75, 3.05) is 0 Å². The van der Waals surface area contributed by atoms with E-state index in [1.165, 1.54) is 27.2 Å². The molecule has 0 aliphatic heterocycles. The van der Waals surface area contributed by atoms with Gasteiger partial charge in [0.25, 0.3) is 0 Å². The molecule has 6 heteroatoms. The lowest BCUT2D eigenvalue weighted by molar-refractivity contribution is 0.669. The Morgan fingerprint density at radius 3 is 1.53 bits per heavy atom. The zero-order chi connectivity index (χ0) is 37.5. The number of nitrogens with zero attached hydrogens (tertiary/aromatic N) is 5. The molecule has 0 fully saturated rings. The Balaban J connectivity index is 1.13. The van der Waals surface area contributed by atoms with Gasteiger partial charge < -0.3 is 13.6 Å². The van der Waals surface area contributed by atoms with Gasteiger partial charge in [0.05, 0.1) is 33.1 Å². The van der Waals surface area contributed by atoms with Gasteiger partial charge in [-0.2, -0.15) is 0 Å². The highest BCUT2D eigenvalue weighted by Gasteiger charge is 2.23. The summed E-state index contributed by atoms with van der Waals surface area (Å²) in [5.41, 5.74) is 11.1. The SMILES string of the molecule is c1ccc(-c2nc(-c3ccccc3)nc(-c3ccc4c(c3)oc3ccc5c6cccc(-n7c8ccccc8c8ccccc87)c6n(-c6ccccc6)c5c34)n2)cc1. The average Bonchev–Trinajstić information content (AvgIpc) is 3.94. The van der Waals surface area contributed by atoms with Crippen LogP contribution in [0.5, 0.6) is 0 Å². The van der Waals surface area contributed by atoms with Crippen LogP contribution in [0, 0.1) is 0 Å². The Kier molecular flexibility index (Phi) is 6.83. The molecule has 57 heavy (non-hydrogen) atoms. The molecule has 12 rings (SSSR count). The zero-order valence-electron chi connectivity index (χ0n) is 30.5. The first-order valence-corrected chi connectivity index (χ1v) is 19.1. The monoisotopic (exact) mass is 729 g/mol. The molecule has 8 aromatic carbocycles. The average molecular weight is 730 g/mol. The molecule has 0 amide bonds. The Labute approximate surface area is 326 Å². The lowest BCUT2D eigenvalue weighted by Gasteiger charge is -2.14. The van der Waals surface area contributed by atoms with E-state index in [4.69, 9.17) is 19.4 Å². The fourth-order valence-electron chi connectivity index (χ4n) is 8.67. The number of aromatic nitrogens is 5. The summed E-state index contributed by atoms with van der Waals surface area (Å²) in [7, 11) is 0. The smallest absolute Gasteiger partial charge is 0.164 e. The normalized spacial score (nSPS) is 11.9. The van der Waals surface area contributed by atoms with Crippen molar-refractivity contribution in [2.45, 2.75) is 0 Å². The van der Waals surface area contributed by atoms with E-state index in [0.29, 0.717) is 17.5 Å². The highest BCUT2D eigenvalue weighted by atomic mass is 16.3. The van der Waals surface area contributed by atoms with Crippen molar-refractivity contribution in [3.8, 4) is 45.5 Å². The minimum atomic E-state index is 0.587. The predicted octanol–water partition coefficient (Wildman–Crippen LogP) is 13.0. The van der Waals surface area contributed by atoms with E-state index in [-0.39, 0.29) is 0 Å². The molecule has 0 unspecified atom stereocenters. The second kappa shape index (κ2) is 12.3. The van der Waals surface area contributed by atoms with Gasteiger partial charge in [-0.15, -0.1) is 0 Å². The lowest BCUT2D eigenvalue weighted by atomic mass is 10.1. The van der Waals surface area contributed by atoms with Crippen molar-refractivity contribution in [3.63, 3.8) is 0 Å². The standard InChI is InChI=1S/C51H31N5O/c1-4-15-32(16-5-1)49-52-50(33-17-6-2-7-18-33)54-51(53-49)34-27-28-40-45(31-34)57-44-30-29-39-38-23-14-26-43(47(38)55(48(39)46(40)44)35-19-8-3-9-20-35)56-41-24-12-10-21-36(41)37-22-11-13-25-42(37)56/h1-31H. The van der Waals surface area contributed by atoms with Gasteiger partial charge in [0.15, 0.2) is 17.5 Å². The Morgan fingerprint density at radius 2 is 0.877 bits per heavy atom. The van der Waals surface area contributed by atoms with Gasteiger partial charge in [-0.3, -0.25) is 0 Å². The fraction of sp³-hybridized carbons (Fsp3) is 0. The van der Waals surface area contributed by atoms with Gasteiger partial charge in [-0.05, 0) is 54.6 Å². The first-order valence-electron chi connectivity index (χ1n) is 19.1. The van der Waals surface area contributed by atoms with Crippen LogP contribution in [-0.4, -0.2) is 24.1 Å². The van der Waals surface area contributed by atoms with Crippen LogP contribution < -0.4 is 0 Å². The van der Waals surface area contributed by atoms with Crippen molar-refractivity contribution in [1.82, 2.24) is 24.1 Å². The van der Waals surface area contributed by atoms with Crippen LogP contribution in [0.4, 0.5) is 0 Å². The molecule has 0 N–H and O–H groups in total. The highest BCUT2D eigenvalue weighted by Crippen LogP contribution is 2.44. The third kappa shape index (κ3) is 4.81. The molecule has 0 radical (unpaired) electrons. The van der Waals surface area contributed by atoms with Crippen molar-refractivity contribution in [3.05, 3.63) is 188 Å². The van der Waals surface area contributed by atoms with Crippen LogP contribution >= 0.6 is 0 Å². The highest BCUT2D eigenvalue weighted by molar-refractivity contribution is 6.26. The molecule has 12 aromatic rings. The molecule has 4 aromatic heterocycles. The number of benzene rings is 8. The quantitative estimate of drug-likeness (QED) is 0.177. The third-order valence-electron chi connectivity index (χ3n) is 11.2. The van der Waals surface area contributed by atoms with Gasteiger partial charge >= 0.3 is 0 Å². The number of furan rings is 1. The largest absolute Gasteiger partial charge is 0.456 e. The van der Waals surface area contributed by atoms with Crippen molar-refractivity contribution in [1.29, 1.82) is 0 Å². The van der Waals surface area contributed by atoms with Crippen LogP contribution in [0.3, 0.4) is 0 Å². The summed E-state index contributed by atoms with van der Waals surface area (Å²) in [6.07, 6.45) is 0. The number of hydrogen-bond acceptors (Lipinski definition) is 4. The van der Waals surface area contributed by atoms with E-state index >= 15 is 0 Å².